The van der Waals surface area contributed by atoms with Gasteiger partial charge in [0.25, 0.3) is 0 Å². The fraction of sp³-hybridized carbons (Fsp3) is 0.552. The maximum Gasteiger partial charge on any atom is 0.233 e. The van der Waals surface area contributed by atoms with Gasteiger partial charge < -0.3 is 0 Å². The summed E-state index contributed by atoms with van der Waals surface area (Å²) in [5, 5.41) is 0. The average molecular weight is 460 g/mol. The van der Waals surface area contributed by atoms with E-state index in [9.17, 15) is 9.59 Å². The van der Waals surface area contributed by atoms with Crippen LogP contribution in [0, 0.1) is 5.92 Å². The van der Waals surface area contributed by atoms with Gasteiger partial charge in [-0.25, -0.2) is 0 Å². The predicted octanol–water partition coefficient (Wildman–Crippen LogP) is 6.10. The van der Waals surface area contributed by atoms with Gasteiger partial charge in [0.1, 0.15) is 7.28 Å². The number of nitrogens with zero attached hydrogens (tertiary/aromatic N) is 2. The van der Waals surface area contributed by atoms with Crippen LogP contribution in [0.1, 0.15) is 90.3 Å². The highest BCUT2D eigenvalue weighted by Crippen LogP contribution is 2.45. The molecule has 1 aromatic heterocycles. The van der Waals surface area contributed by atoms with Crippen LogP contribution in [0.15, 0.2) is 48.8 Å². The van der Waals surface area contributed by atoms with E-state index < -0.39 is 5.54 Å². The lowest BCUT2D eigenvalue weighted by atomic mass is 9.53. The Morgan fingerprint density at radius 3 is 2.00 bits per heavy atom. The van der Waals surface area contributed by atoms with Crippen molar-refractivity contribution < 1.29 is 9.59 Å². The normalized spacial score (nSPS) is 21.0. The van der Waals surface area contributed by atoms with Crippen LogP contribution in [0.4, 0.5) is 0 Å². The zero-order valence-corrected chi connectivity index (χ0v) is 22.3. The van der Waals surface area contributed by atoms with E-state index in [1.165, 1.54) is 11.1 Å². The number of rotatable bonds is 7. The van der Waals surface area contributed by atoms with Crippen molar-refractivity contribution in [1.29, 1.82) is 0 Å². The number of hydrogen-bond donors (Lipinski definition) is 0. The van der Waals surface area contributed by atoms with Crippen molar-refractivity contribution in [2.75, 3.05) is 0 Å². The molecule has 0 saturated carbocycles. The second-order valence-corrected chi connectivity index (χ2v) is 12.0. The molecule has 1 aromatic carbocycles. The Hall–Kier alpha value is -2.43. The summed E-state index contributed by atoms with van der Waals surface area (Å²) in [6.07, 6.45) is 5.32. The number of aromatic nitrogens is 1. The van der Waals surface area contributed by atoms with Crippen LogP contribution in [-0.4, -0.2) is 34.5 Å². The first-order valence-electron chi connectivity index (χ1n) is 12.7. The summed E-state index contributed by atoms with van der Waals surface area (Å²) < 4.78 is 0. The van der Waals surface area contributed by atoms with Crippen molar-refractivity contribution in [2.45, 2.75) is 96.7 Å². The van der Waals surface area contributed by atoms with Gasteiger partial charge in [-0.15, -0.1) is 0 Å². The summed E-state index contributed by atoms with van der Waals surface area (Å²) >= 11 is 0. The zero-order chi connectivity index (χ0) is 25.3. The number of pyridine rings is 1. The minimum absolute atomic E-state index is 0.00538. The molecule has 0 N–H and O–H groups in total. The molecule has 0 radical (unpaired) electrons. The van der Waals surface area contributed by atoms with Gasteiger partial charge in [-0.3, -0.25) is 19.5 Å². The number of benzene rings is 1. The van der Waals surface area contributed by atoms with E-state index in [2.05, 4.69) is 63.9 Å². The second-order valence-electron chi connectivity index (χ2n) is 12.0. The predicted molar refractivity (Wildman–Crippen MR) is 142 cm³/mol. The highest BCUT2D eigenvalue weighted by Gasteiger charge is 2.53. The summed E-state index contributed by atoms with van der Waals surface area (Å²) in [6, 6.07) is 12.8. The van der Waals surface area contributed by atoms with Crippen molar-refractivity contribution in [3.63, 3.8) is 0 Å². The molecule has 4 unspecified atom stereocenters. The molecule has 0 aliphatic carbocycles. The van der Waals surface area contributed by atoms with E-state index in [-0.39, 0.29) is 34.9 Å². The summed E-state index contributed by atoms with van der Waals surface area (Å²) in [5.74, 6) is -0.287. The third-order valence-corrected chi connectivity index (χ3v) is 7.41. The van der Waals surface area contributed by atoms with Gasteiger partial charge in [-0.05, 0) is 73.3 Å². The first-order valence-corrected chi connectivity index (χ1v) is 12.7. The van der Waals surface area contributed by atoms with Crippen LogP contribution >= 0.6 is 0 Å². The van der Waals surface area contributed by atoms with E-state index in [4.69, 9.17) is 0 Å². The van der Waals surface area contributed by atoms with Gasteiger partial charge in [0.2, 0.25) is 11.8 Å². The van der Waals surface area contributed by atoms with Gasteiger partial charge in [-0.2, -0.15) is 0 Å². The van der Waals surface area contributed by atoms with E-state index in [0.29, 0.717) is 13.2 Å². The smallest absolute Gasteiger partial charge is 0.233 e. The molecule has 0 bridgehead atoms. The molecule has 0 spiro atoms. The van der Waals surface area contributed by atoms with E-state index in [1.54, 1.807) is 4.90 Å². The molecular weight excluding hydrogens is 419 g/mol. The molecule has 3 rings (SSSR count). The van der Waals surface area contributed by atoms with Gasteiger partial charge in [0, 0.05) is 23.7 Å². The minimum atomic E-state index is -0.522. The molecule has 1 aliphatic heterocycles. The number of imide groups is 1. The van der Waals surface area contributed by atoms with Crippen LogP contribution < -0.4 is 0 Å². The lowest BCUT2D eigenvalue weighted by Gasteiger charge is -2.31. The maximum absolute atomic E-state index is 13.8. The molecule has 2 aromatic rings. The quantitative estimate of drug-likeness (QED) is 0.370. The molecule has 34 heavy (non-hydrogen) atoms. The Morgan fingerprint density at radius 2 is 1.50 bits per heavy atom. The fourth-order valence-electron chi connectivity index (χ4n) is 5.38. The van der Waals surface area contributed by atoms with Crippen molar-refractivity contribution in [3.05, 3.63) is 65.5 Å². The second kappa shape index (κ2) is 10.1. The average Bonchev–Trinajstić information content (AvgIpc) is 3.02. The van der Waals surface area contributed by atoms with Crippen molar-refractivity contribution in [2.24, 2.45) is 5.92 Å². The van der Waals surface area contributed by atoms with Gasteiger partial charge in [0.05, 0.1) is 5.92 Å². The highest BCUT2D eigenvalue weighted by atomic mass is 16.2. The van der Waals surface area contributed by atoms with Gasteiger partial charge >= 0.3 is 0 Å². The lowest BCUT2D eigenvalue weighted by Crippen LogP contribution is -2.46. The van der Waals surface area contributed by atoms with E-state index >= 15 is 0 Å². The number of hydrogen-bond acceptors (Lipinski definition) is 3. The summed E-state index contributed by atoms with van der Waals surface area (Å²) in [5.41, 5.74) is 3.21. The maximum atomic E-state index is 13.8. The number of likely N-dealkylation sites (tertiary alicyclic amines) is 1. The lowest BCUT2D eigenvalue weighted by molar-refractivity contribution is -0.144. The molecule has 2 heterocycles. The molecule has 2 amide bonds. The van der Waals surface area contributed by atoms with Gasteiger partial charge in [-0.1, -0.05) is 65.2 Å². The van der Waals surface area contributed by atoms with Crippen LogP contribution in [0.2, 0.25) is 12.1 Å². The van der Waals surface area contributed by atoms with E-state index in [0.717, 1.165) is 18.3 Å². The molecule has 5 heteroatoms. The van der Waals surface area contributed by atoms with Crippen LogP contribution in [0.25, 0.3) is 0 Å². The first-order chi connectivity index (χ1) is 15.9. The molecule has 1 aliphatic rings. The number of amides is 2. The Labute approximate surface area is 206 Å². The summed E-state index contributed by atoms with van der Waals surface area (Å²) in [6.45, 7) is 16.8. The van der Waals surface area contributed by atoms with Crippen LogP contribution in [-0.2, 0) is 15.0 Å². The highest BCUT2D eigenvalue weighted by molar-refractivity contribution is 6.47. The molecule has 182 valence electrons. The Morgan fingerprint density at radius 1 is 0.912 bits per heavy atom. The zero-order valence-electron chi connectivity index (χ0n) is 22.3. The summed E-state index contributed by atoms with van der Waals surface area (Å²) in [4.78, 5) is 33.1. The van der Waals surface area contributed by atoms with Crippen molar-refractivity contribution in [1.82, 2.24) is 9.88 Å². The SMILES string of the molecule is CCC(c1ccc(C(C)(C)C)cc1)C1C(=O)N(C(C)(C)C)C(=O)C1BCC(C)c1ccncc1. The topological polar surface area (TPSA) is 50.3 Å². The van der Waals surface area contributed by atoms with E-state index in [1.807, 2.05) is 45.3 Å². The third kappa shape index (κ3) is 5.45. The van der Waals surface area contributed by atoms with Crippen molar-refractivity contribution in [3.8, 4) is 0 Å². The van der Waals surface area contributed by atoms with Crippen LogP contribution in [0.3, 0.4) is 0 Å². The minimum Gasteiger partial charge on any atom is -0.277 e. The Kier molecular flexibility index (Phi) is 7.74. The Balaban J connectivity index is 1.92. The van der Waals surface area contributed by atoms with Crippen LogP contribution in [0.5, 0.6) is 0 Å². The third-order valence-electron chi connectivity index (χ3n) is 7.41. The molecule has 4 atom stereocenters. The fourth-order valence-corrected chi connectivity index (χ4v) is 5.38. The molecule has 1 saturated heterocycles. The largest absolute Gasteiger partial charge is 0.277 e. The molecule has 4 nitrogen and oxygen atoms in total. The summed E-state index contributed by atoms with van der Waals surface area (Å²) in [7, 11) is 0.710. The Bertz CT molecular complexity index is 990. The number of carbonyl (C=O) groups is 2. The standard InChI is InChI=1S/C29H41BN2O2/c1-9-23(21-10-12-22(13-11-21)28(3,4)5)24-25(27(34)32(26(24)33)29(6,7)8)30-18-19(2)20-14-16-31-17-15-20/h10-17,19,23-25,30H,9,18H2,1-8H3. The molecule has 1 fully saturated rings. The molecular formula is C29H41BN2O2. The van der Waals surface area contributed by atoms with Gasteiger partial charge in [0.15, 0.2) is 0 Å². The number of carbonyl (C=O) groups excluding carboxylic acids is 2. The first kappa shape index (κ1) is 26.2. The monoisotopic (exact) mass is 460 g/mol. The van der Waals surface area contributed by atoms with Crippen molar-refractivity contribution >= 4 is 19.1 Å².